The number of nitrogens with zero attached hydrogens (tertiary/aromatic N) is 2. The zero-order chi connectivity index (χ0) is 16.2. The monoisotopic (exact) mass is 450 g/mol. The van der Waals surface area contributed by atoms with E-state index in [-0.39, 0.29) is 29.4 Å². The maximum Gasteiger partial charge on any atom is 0.191 e. The fourth-order valence-electron chi connectivity index (χ4n) is 2.73. The van der Waals surface area contributed by atoms with Crippen LogP contribution in [0.15, 0.2) is 22.5 Å². The molecule has 1 atom stereocenters. The number of rotatable bonds is 7. The lowest BCUT2D eigenvalue weighted by Gasteiger charge is -2.27. The third-order valence-electron chi connectivity index (χ3n) is 4.42. The van der Waals surface area contributed by atoms with Gasteiger partial charge in [0.15, 0.2) is 5.96 Å². The van der Waals surface area contributed by atoms with Gasteiger partial charge in [-0.25, -0.2) is 0 Å². The molecular weight excluding hydrogens is 419 g/mol. The Morgan fingerprint density at radius 1 is 1.39 bits per heavy atom. The van der Waals surface area contributed by atoms with Crippen molar-refractivity contribution in [2.75, 3.05) is 34.2 Å². The molecule has 0 aromatic carbocycles. The molecule has 1 saturated carbocycles. The molecule has 2 rings (SSSR count). The predicted octanol–water partition coefficient (Wildman–Crippen LogP) is 3.15. The van der Waals surface area contributed by atoms with Crippen molar-refractivity contribution in [3.05, 3.63) is 22.4 Å². The van der Waals surface area contributed by atoms with Gasteiger partial charge in [0.05, 0.1) is 0 Å². The number of hydrogen-bond donors (Lipinski definition) is 2. The van der Waals surface area contributed by atoms with E-state index < -0.39 is 0 Å². The van der Waals surface area contributed by atoms with E-state index in [1.165, 1.54) is 17.7 Å². The minimum absolute atomic E-state index is 0. The van der Waals surface area contributed by atoms with Crippen molar-refractivity contribution in [3.63, 3.8) is 0 Å². The Morgan fingerprint density at radius 2 is 2.09 bits per heavy atom. The molecule has 0 amide bonds. The minimum atomic E-state index is 0. The van der Waals surface area contributed by atoms with Gasteiger partial charge in [0.25, 0.3) is 0 Å². The predicted molar refractivity (Wildman–Crippen MR) is 112 cm³/mol. The van der Waals surface area contributed by atoms with E-state index in [4.69, 9.17) is 0 Å². The molecule has 1 heterocycles. The van der Waals surface area contributed by atoms with Crippen LogP contribution < -0.4 is 10.6 Å². The van der Waals surface area contributed by atoms with Crippen molar-refractivity contribution < 1.29 is 0 Å². The van der Waals surface area contributed by atoms with Crippen LogP contribution in [0.25, 0.3) is 0 Å². The molecule has 0 radical (unpaired) electrons. The molecule has 0 bridgehead atoms. The average Bonchev–Trinajstić information content (AvgIpc) is 3.13. The van der Waals surface area contributed by atoms with Gasteiger partial charge < -0.3 is 15.5 Å². The largest absolute Gasteiger partial charge is 0.356 e. The number of hydrogen-bond acceptors (Lipinski definition) is 3. The SMILES string of the molecule is CN=C(NCC(C1CC1)N(C)C)NCC(C)(C)c1cccs1.I. The van der Waals surface area contributed by atoms with E-state index >= 15 is 0 Å². The van der Waals surface area contributed by atoms with Crippen LogP contribution in [0.3, 0.4) is 0 Å². The first-order valence-corrected chi connectivity index (χ1v) is 8.97. The van der Waals surface area contributed by atoms with Crippen LogP contribution in [0.5, 0.6) is 0 Å². The highest BCUT2D eigenvalue weighted by Gasteiger charge is 2.32. The van der Waals surface area contributed by atoms with E-state index in [2.05, 4.69) is 66.0 Å². The number of aliphatic imine (C=N–C) groups is 1. The van der Waals surface area contributed by atoms with E-state index in [9.17, 15) is 0 Å². The molecule has 2 N–H and O–H groups in total. The van der Waals surface area contributed by atoms with Crippen LogP contribution >= 0.6 is 35.3 Å². The molecule has 0 saturated heterocycles. The number of nitrogens with one attached hydrogen (secondary N) is 2. The zero-order valence-corrected chi connectivity index (χ0v) is 18.1. The summed E-state index contributed by atoms with van der Waals surface area (Å²) in [6.45, 7) is 6.37. The maximum absolute atomic E-state index is 4.36. The molecule has 4 nitrogen and oxygen atoms in total. The highest BCUT2D eigenvalue weighted by atomic mass is 127. The quantitative estimate of drug-likeness (QED) is 0.381. The second kappa shape index (κ2) is 9.22. The van der Waals surface area contributed by atoms with Crippen LogP contribution in [-0.4, -0.2) is 51.1 Å². The highest BCUT2D eigenvalue weighted by molar-refractivity contribution is 14.0. The summed E-state index contributed by atoms with van der Waals surface area (Å²) in [5, 5.41) is 9.11. The number of likely N-dealkylation sites (N-methyl/N-ethyl adjacent to an activating group) is 1. The Hall–Kier alpha value is -0.340. The standard InChI is InChI=1S/C17H30N4S.HI/c1-17(2,15-7-6-10-22-15)12-20-16(18-3)19-11-14(21(4)5)13-8-9-13;/h6-7,10,13-14H,8-9,11-12H2,1-5H3,(H2,18,19,20);1H. The Kier molecular flexibility index (Phi) is 8.30. The smallest absolute Gasteiger partial charge is 0.191 e. The van der Waals surface area contributed by atoms with Crippen molar-refractivity contribution in [2.45, 2.75) is 38.1 Å². The molecule has 132 valence electrons. The molecular formula is C17H31IN4S. The molecule has 1 aromatic heterocycles. The Labute approximate surface area is 162 Å². The summed E-state index contributed by atoms with van der Waals surface area (Å²) in [4.78, 5) is 8.09. The van der Waals surface area contributed by atoms with Crippen molar-refractivity contribution in [2.24, 2.45) is 10.9 Å². The van der Waals surface area contributed by atoms with Gasteiger partial charge in [0.1, 0.15) is 0 Å². The lowest BCUT2D eigenvalue weighted by molar-refractivity contribution is 0.264. The topological polar surface area (TPSA) is 39.7 Å². The second-order valence-corrected chi connectivity index (χ2v) is 7.98. The third kappa shape index (κ3) is 6.23. The first kappa shape index (κ1) is 20.7. The van der Waals surface area contributed by atoms with Crippen molar-refractivity contribution >= 4 is 41.3 Å². The summed E-state index contributed by atoms with van der Waals surface area (Å²) in [6, 6.07) is 4.92. The molecule has 1 unspecified atom stereocenters. The molecule has 1 aliphatic rings. The third-order valence-corrected chi connectivity index (χ3v) is 5.65. The molecule has 23 heavy (non-hydrogen) atoms. The molecule has 1 fully saturated rings. The van der Waals surface area contributed by atoms with Crippen LogP contribution in [0, 0.1) is 5.92 Å². The van der Waals surface area contributed by atoms with Gasteiger partial charge in [0.2, 0.25) is 0 Å². The maximum atomic E-state index is 4.36. The van der Waals surface area contributed by atoms with Crippen LogP contribution in [-0.2, 0) is 5.41 Å². The first-order valence-electron chi connectivity index (χ1n) is 8.09. The summed E-state index contributed by atoms with van der Waals surface area (Å²) in [6.07, 6.45) is 2.73. The lowest BCUT2D eigenvalue weighted by Crippen LogP contribution is -2.48. The number of halogens is 1. The van der Waals surface area contributed by atoms with Crippen molar-refractivity contribution in [1.29, 1.82) is 0 Å². The summed E-state index contributed by atoms with van der Waals surface area (Å²) in [7, 11) is 6.18. The lowest BCUT2D eigenvalue weighted by atomic mass is 9.91. The summed E-state index contributed by atoms with van der Waals surface area (Å²) < 4.78 is 0. The van der Waals surface area contributed by atoms with Crippen LogP contribution in [0.1, 0.15) is 31.6 Å². The van der Waals surface area contributed by atoms with Gasteiger partial charge in [-0.2, -0.15) is 0 Å². The van der Waals surface area contributed by atoms with Crippen molar-refractivity contribution in [3.8, 4) is 0 Å². The van der Waals surface area contributed by atoms with Gasteiger partial charge in [-0.1, -0.05) is 19.9 Å². The average molecular weight is 450 g/mol. The fourth-order valence-corrected chi connectivity index (χ4v) is 3.58. The normalized spacial score (nSPS) is 16.9. The summed E-state index contributed by atoms with van der Waals surface area (Å²) in [5.74, 6) is 1.75. The Bertz CT molecular complexity index is 479. The summed E-state index contributed by atoms with van der Waals surface area (Å²) >= 11 is 1.82. The molecule has 0 aliphatic heterocycles. The molecule has 6 heteroatoms. The van der Waals surface area contributed by atoms with Crippen molar-refractivity contribution in [1.82, 2.24) is 15.5 Å². The van der Waals surface area contributed by atoms with Gasteiger partial charge >= 0.3 is 0 Å². The molecule has 1 aromatic rings. The second-order valence-electron chi connectivity index (χ2n) is 7.04. The fraction of sp³-hybridized carbons (Fsp3) is 0.706. The number of guanidine groups is 1. The number of thiophene rings is 1. The van der Waals surface area contributed by atoms with E-state index in [1.807, 2.05) is 18.4 Å². The van der Waals surface area contributed by atoms with E-state index in [0.29, 0.717) is 6.04 Å². The molecule has 1 aliphatic carbocycles. The van der Waals surface area contributed by atoms with Gasteiger partial charge in [-0.15, -0.1) is 35.3 Å². The molecule has 0 spiro atoms. The summed E-state index contributed by atoms with van der Waals surface area (Å²) in [5.41, 5.74) is 0.114. The first-order chi connectivity index (χ1) is 10.4. The Morgan fingerprint density at radius 3 is 2.57 bits per heavy atom. The van der Waals surface area contributed by atoms with Gasteiger partial charge in [-0.3, -0.25) is 4.99 Å². The van der Waals surface area contributed by atoms with Crippen LogP contribution in [0.4, 0.5) is 0 Å². The Balaban J connectivity index is 0.00000264. The van der Waals surface area contributed by atoms with Gasteiger partial charge in [-0.05, 0) is 44.3 Å². The zero-order valence-electron chi connectivity index (χ0n) is 14.9. The van der Waals surface area contributed by atoms with E-state index in [0.717, 1.165) is 25.0 Å². The van der Waals surface area contributed by atoms with Crippen LogP contribution in [0.2, 0.25) is 0 Å². The minimum Gasteiger partial charge on any atom is -0.356 e. The van der Waals surface area contributed by atoms with Gasteiger partial charge in [0, 0.05) is 36.5 Å². The van der Waals surface area contributed by atoms with E-state index in [1.54, 1.807) is 0 Å². The highest BCUT2D eigenvalue weighted by Crippen LogP contribution is 2.34.